The van der Waals surface area contributed by atoms with Crippen LogP contribution in [-0.4, -0.2) is 42.7 Å². The molecule has 0 spiro atoms. The first-order valence-electron chi connectivity index (χ1n) is 8.83. The van der Waals surface area contributed by atoms with Gasteiger partial charge in [0.05, 0.1) is 18.3 Å². The van der Waals surface area contributed by atoms with E-state index in [0.29, 0.717) is 6.42 Å². The smallest absolute Gasteiger partial charge is 0.222 e. The average Bonchev–Trinajstić information content (AvgIpc) is 3.22. The van der Waals surface area contributed by atoms with Gasteiger partial charge in [0.15, 0.2) is 0 Å². The molecule has 0 saturated carbocycles. The molecule has 1 saturated heterocycles. The molecule has 0 aromatic carbocycles. The molecule has 0 aliphatic carbocycles. The number of amides is 1. The molecule has 0 radical (unpaired) electrons. The Labute approximate surface area is 143 Å². The Morgan fingerprint density at radius 3 is 2.83 bits per heavy atom. The lowest BCUT2D eigenvalue weighted by Gasteiger charge is -2.25. The van der Waals surface area contributed by atoms with E-state index < -0.39 is 0 Å². The van der Waals surface area contributed by atoms with Crippen molar-refractivity contribution in [1.29, 1.82) is 0 Å². The van der Waals surface area contributed by atoms with Gasteiger partial charge < -0.3 is 9.47 Å². The molecule has 2 aromatic rings. The molecule has 1 fully saturated rings. The highest BCUT2D eigenvalue weighted by atomic mass is 16.2. The normalized spacial score (nSPS) is 17.6. The van der Waals surface area contributed by atoms with Crippen LogP contribution >= 0.6 is 0 Å². The van der Waals surface area contributed by atoms with Gasteiger partial charge in [-0.05, 0) is 46.1 Å². The van der Waals surface area contributed by atoms with Crippen molar-refractivity contribution in [3.63, 3.8) is 0 Å². The second kappa shape index (κ2) is 7.20. The molecule has 3 heterocycles. The number of aromatic nitrogens is 4. The van der Waals surface area contributed by atoms with Crippen LogP contribution in [0.2, 0.25) is 0 Å². The molecule has 1 amide bonds. The third kappa shape index (κ3) is 3.68. The van der Waals surface area contributed by atoms with Gasteiger partial charge in [0, 0.05) is 37.6 Å². The zero-order valence-corrected chi connectivity index (χ0v) is 14.9. The van der Waals surface area contributed by atoms with Crippen LogP contribution in [0.1, 0.15) is 42.9 Å². The molecule has 24 heavy (non-hydrogen) atoms. The van der Waals surface area contributed by atoms with E-state index >= 15 is 0 Å². The Morgan fingerprint density at radius 2 is 2.17 bits per heavy atom. The van der Waals surface area contributed by atoms with E-state index in [2.05, 4.69) is 32.5 Å². The molecule has 1 aliphatic heterocycles. The fraction of sp³-hybridized carbons (Fsp3) is 0.611. The van der Waals surface area contributed by atoms with E-state index in [4.69, 9.17) is 0 Å². The summed E-state index contributed by atoms with van der Waals surface area (Å²) in [5, 5.41) is 4.54. The molecule has 0 bridgehead atoms. The average molecular weight is 329 g/mol. The van der Waals surface area contributed by atoms with E-state index in [1.54, 1.807) is 0 Å². The van der Waals surface area contributed by atoms with E-state index in [0.717, 1.165) is 50.4 Å². The summed E-state index contributed by atoms with van der Waals surface area (Å²) in [6.45, 7) is 8.63. The van der Waals surface area contributed by atoms with Gasteiger partial charge in [0.1, 0.15) is 5.82 Å². The highest BCUT2D eigenvalue weighted by molar-refractivity contribution is 5.76. The zero-order valence-electron chi connectivity index (χ0n) is 14.9. The molecular formula is C18H27N5O. The molecule has 6 nitrogen and oxygen atoms in total. The largest absolute Gasteiger partial charge is 0.338 e. The summed E-state index contributed by atoms with van der Waals surface area (Å²) in [4.78, 5) is 18.9. The van der Waals surface area contributed by atoms with Crippen molar-refractivity contribution in [3.05, 3.63) is 35.7 Å². The predicted octanol–water partition coefficient (Wildman–Crippen LogP) is 2.48. The quantitative estimate of drug-likeness (QED) is 0.818. The first kappa shape index (κ1) is 16.7. The number of aryl methyl sites for hydroxylation is 4. The van der Waals surface area contributed by atoms with Gasteiger partial charge in [-0.15, -0.1) is 0 Å². The minimum absolute atomic E-state index is 0.275. The molecule has 1 atom stereocenters. The number of likely N-dealkylation sites (tertiary alicyclic amines) is 1. The number of hydrogen-bond acceptors (Lipinski definition) is 3. The minimum Gasteiger partial charge on any atom is -0.338 e. The summed E-state index contributed by atoms with van der Waals surface area (Å²) < 4.78 is 4.14. The molecule has 0 N–H and O–H groups in total. The van der Waals surface area contributed by atoms with Crippen LogP contribution in [0.15, 0.2) is 18.5 Å². The maximum Gasteiger partial charge on any atom is 0.222 e. The highest BCUT2D eigenvalue weighted by Gasteiger charge is 2.29. The molecule has 1 aliphatic rings. The maximum atomic E-state index is 12.6. The van der Waals surface area contributed by atoms with Crippen molar-refractivity contribution in [2.45, 2.75) is 65.6 Å². The van der Waals surface area contributed by atoms with Crippen molar-refractivity contribution in [3.8, 4) is 0 Å². The first-order valence-corrected chi connectivity index (χ1v) is 8.83. The number of hydrogen-bond donors (Lipinski definition) is 0. The molecule has 6 heteroatoms. The second-order valence-electron chi connectivity index (χ2n) is 6.76. The van der Waals surface area contributed by atoms with Crippen LogP contribution in [0, 0.1) is 20.8 Å². The van der Waals surface area contributed by atoms with Crippen LogP contribution < -0.4 is 0 Å². The van der Waals surface area contributed by atoms with Gasteiger partial charge in [0.25, 0.3) is 0 Å². The molecular weight excluding hydrogens is 302 g/mol. The molecule has 130 valence electrons. The molecule has 1 unspecified atom stereocenters. The zero-order chi connectivity index (χ0) is 17.1. The van der Waals surface area contributed by atoms with Crippen LogP contribution in [-0.2, 0) is 17.9 Å². The summed E-state index contributed by atoms with van der Waals surface area (Å²) in [5.41, 5.74) is 2.21. The third-order valence-electron chi connectivity index (χ3n) is 4.90. The van der Waals surface area contributed by atoms with Crippen LogP contribution in [0.4, 0.5) is 0 Å². The van der Waals surface area contributed by atoms with Gasteiger partial charge >= 0.3 is 0 Å². The van der Waals surface area contributed by atoms with Crippen molar-refractivity contribution in [2.24, 2.45) is 0 Å². The monoisotopic (exact) mass is 329 g/mol. The number of rotatable bonds is 6. The van der Waals surface area contributed by atoms with Crippen molar-refractivity contribution in [1.82, 2.24) is 24.2 Å². The standard InChI is InChI=1S/C18H27N5O/c1-14-12-15(2)23(20-14)13-17-6-4-10-22(17)18(24)7-5-9-21-11-8-19-16(21)3/h8,11-12,17H,4-7,9-10,13H2,1-3H3. The lowest BCUT2D eigenvalue weighted by molar-refractivity contribution is -0.132. The third-order valence-corrected chi connectivity index (χ3v) is 4.90. The number of imidazole rings is 1. The van der Waals surface area contributed by atoms with E-state index in [1.807, 2.05) is 30.9 Å². The van der Waals surface area contributed by atoms with E-state index in [-0.39, 0.29) is 11.9 Å². The maximum absolute atomic E-state index is 12.6. The van der Waals surface area contributed by atoms with Crippen LogP contribution in [0.3, 0.4) is 0 Å². The lowest BCUT2D eigenvalue weighted by Crippen LogP contribution is -2.38. The number of nitrogens with zero attached hydrogens (tertiary/aromatic N) is 5. The highest BCUT2D eigenvalue weighted by Crippen LogP contribution is 2.21. The van der Waals surface area contributed by atoms with Crippen molar-refractivity contribution < 1.29 is 4.79 Å². The van der Waals surface area contributed by atoms with Gasteiger partial charge in [0.2, 0.25) is 5.91 Å². The summed E-state index contributed by atoms with van der Waals surface area (Å²) in [5.74, 6) is 1.28. The van der Waals surface area contributed by atoms with Gasteiger partial charge in [-0.3, -0.25) is 9.48 Å². The summed E-state index contributed by atoms with van der Waals surface area (Å²) in [6, 6.07) is 2.37. The van der Waals surface area contributed by atoms with Gasteiger partial charge in [-0.2, -0.15) is 5.10 Å². The fourth-order valence-electron chi connectivity index (χ4n) is 3.60. The Bertz CT molecular complexity index is 702. The topological polar surface area (TPSA) is 56.0 Å². The van der Waals surface area contributed by atoms with Crippen molar-refractivity contribution >= 4 is 5.91 Å². The lowest BCUT2D eigenvalue weighted by atomic mass is 10.2. The van der Waals surface area contributed by atoms with E-state index in [1.165, 1.54) is 5.69 Å². The Morgan fingerprint density at radius 1 is 1.33 bits per heavy atom. The predicted molar refractivity (Wildman–Crippen MR) is 92.6 cm³/mol. The Kier molecular flexibility index (Phi) is 5.02. The van der Waals surface area contributed by atoms with Crippen LogP contribution in [0.25, 0.3) is 0 Å². The van der Waals surface area contributed by atoms with Gasteiger partial charge in [-0.25, -0.2) is 4.98 Å². The summed E-state index contributed by atoms with van der Waals surface area (Å²) in [6.07, 6.45) is 7.41. The second-order valence-corrected chi connectivity index (χ2v) is 6.76. The van der Waals surface area contributed by atoms with Gasteiger partial charge in [-0.1, -0.05) is 0 Å². The number of carbonyl (C=O) groups is 1. The Balaban J connectivity index is 1.53. The van der Waals surface area contributed by atoms with E-state index in [9.17, 15) is 4.79 Å². The molecule has 2 aromatic heterocycles. The summed E-state index contributed by atoms with van der Waals surface area (Å²) in [7, 11) is 0. The fourth-order valence-corrected chi connectivity index (χ4v) is 3.60. The van der Waals surface area contributed by atoms with Crippen molar-refractivity contribution in [2.75, 3.05) is 6.54 Å². The Hall–Kier alpha value is -2.11. The molecule has 3 rings (SSSR count). The SMILES string of the molecule is Cc1cc(C)n(CC2CCCN2C(=O)CCCn2ccnc2C)n1. The summed E-state index contributed by atoms with van der Waals surface area (Å²) >= 11 is 0. The van der Waals surface area contributed by atoms with Crippen LogP contribution in [0.5, 0.6) is 0 Å². The number of carbonyl (C=O) groups excluding carboxylic acids is 1. The first-order chi connectivity index (χ1) is 11.5. The minimum atomic E-state index is 0.275.